The summed E-state index contributed by atoms with van der Waals surface area (Å²) in [6.07, 6.45) is -10.5. The highest BCUT2D eigenvalue weighted by Crippen LogP contribution is 2.47. The molecule has 4 nitrogen and oxygen atoms in total. The third kappa shape index (κ3) is 2.78. The van der Waals surface area contributed by atoms with E-state index >= 15 is 0 Å². The van der Waals surface area contributed by atoms with Gasteiger partial charge in [0.2, 0.25) is 0 Å². The van der Waals surface area contributed by atoms with Crippen molar-refractivity contribution >= 4 is 11.9 Å². The maximum Gasteiger partial charge on any atom is 0.432 e. The fourth-order valence-electron chi connectivity index (χ4n) is 1.55. The van der Waals surface area contributed by atoms with Gasteiger partial charge in [0, 0.05) is 5.56 Å². The molecule has 0 spiro atoms. The van der Waals surface area contributed by atoms with Gasteiger partial charge in [-0.05, 0) is 12.1 Å². The van der Waals surface area contributed by atoms with E-state index in [0.29, 0.717) is 6.07 Å². The lowest BCUT2D eigenvalue weighted by Crippen LogP contribution is -2.44. The molecule has 1 atom stereocenters. The molecule has 0 radical (unpaired) electrons. The van der Waals surface area contributed by atoms with Gasteiger partial charge in [-0.3, -0.25) is 0 Å². The van der Waals surface area contributed by atoms with Crippen LogP contribution in [-0.2, 0) is 5.67 Å². The SMILES string of the molecule is O=C(O)c1ccc(C(F)(C(F)F)C(F)(F)F)cc1C(=O)O. The Morgan fingerprint density at radius 3 is 1.76 bits per heavy atom. The van der Waals surface area contributed by atoms with Crippen LogP contribution in [0.25, 0.3) is 0 Å². The molecule has 0 aromatic heterocycles. The normalized spacial score (nSPS) is 14.8. The predicted molar refractivity (Wildman–Crippen MR) is 55.2 cm³/mol. The second-order valence-corrected chi connectivity index (χ2v) is 3.88. The maximum absolute atomic E-state index is 13.7. The average Bonchev–Trinajstić information content (AvgIpc) is 2.35. The van der Waals surface area contributed by atoms with Crippen LogP contribution in [0.1, 0.15) is 26.3 Å². The van der Waals surface area contributed by atoms with E-state index in [-0.39, 0.29) is 12.1 Å². The number of alkyl halides is 6. The standard InChI is InChI=1S/C11H6F6O4/c12-9(13)10(14,11(15,16)17)4-1-2-5(7(18)19)6(3-4)8(20)21/h1-3,9H,(H,18,19)(H,20,21). The molecule has 1 rings (SSSR count). The highest BCUT2D eigenvalue weighted by molar-refractivity contribution is 6.01. The van der Waals surface area contributed by atoms with Crippen molar-refractivity contribution in [3.05, 3.63) is 34.9 Å². The van der Waals surface area contributed by atoms with Gasteiger partial charge >= 0.3 is 18.1 Å². The summed E-state index contributed by atoms with van der Waals surface area (Å²) in [6.45, 7) is 0. The van der Waals surface area contributed by atoms with Crippen molar-refractivity contribution in [3.8, 4) is 0 Å². The van der Waals surface area contributed by atoms with E-state index in [0.717, 1.165) is 0 Å². The lowest BCUT2D eigenvalue weighted by molar-refractivity contribution is -0.274. The summed E-state index contributed by atoms with van der Waals surface area (Å²) >= 11 is 0. The number of rotatable bonds is 4. The number of carbonyl (C=O) groups is 2. The number of hydrogen-bond acceptors (Lipinski definition) is 2. The minimum atomic E-state index is -6.01. The maximum atomic E-state index is 13.7. The van der Waals surface area contributed by atoms with Crippen molar-refractivity contribution in [1.29, 1.82) is 0 Å². The highest BCUT2D eigenvalue weighted by atomic mass is 19.4. The van der Waals surface area contributed by atoms with Crippen molar-refractivity contribution in [2.75, 3.05) is 0 Å². The number of carboxylic acids is 2. The number of benzene rings is 1. The first kappa shape index (κ1) is 16.8. The predicted octanol–water partition coefficient (Wildman–Crippen LogP) is 3.08. The zero-order valence-corrected chi connectivity index (χ0v) is 9.79. The topological polar surface area (TPSA) is 74.6 Å². The highest BCUT2D eigenvalue weighted by Gasteiger charge is 2.64. The van der Waals surface area contributed by atoms with E-state index in [1.165, 1.54) is 0 Å². The Labute approximate surface area is 112 Å². The van der Waals surface area contributed by atoms with Gasteiger partial charge in [-0.25, -0.2) is 22.8 Å². The molecule has 0 aliphatic heterocycles. The minimum Gasteiger partial charge on any atom is -0.478 e. The summed E-state index contributed by atoms with van der Waals surface area (Å²) in [6, 6.07) is 0.421. The third-order valence-corrected chi connectivity index (χ3v) is 2.61. The molecule has 2 N–H and O–H groups in total. The minimum absolute atomic E-state index is 0.0641. The number of aromatic carboxylic acids is 2. The summed E-state index contributed by atoms with van der Waals surface area (Å²) in [5.41, 5.74) is -8.97. The van der Waals surface area contributed by atoms with Gasteiger partial charge in [-0.15, -0.1) is 0 Å². The van der Waals surface area contributed by atoms with E-state index in [4.69, 9.17) is 10.2 Å². The molecule has 21 heavy (non-hydrogen) atoms. The molecule has 1 aromatic rings. The Morgan fingerprint density at radius 2 is 1.43 bits per heavy atom. The van der Waals surface area contributed by atoms with Crippen LogP contribution in [-0.4, -0.2) is 34.8 Å². The first-order valence-corrected chi connectivity index (χ1v) is 5.07. The Morgan fingerprint density at radius 1 is 0.952 bits per heavy atom. The molecule has 0 aliphatic rings. The smallest absolute Gasteiger partial charge is 0.432 e. The fraction of sp³-hybridized carbons (Fsp3) is 0.273. The zero-order chi connectivity index (χ0) is 16.6. The van der Waals surface area contributed by atoms with Gasteiger partial charge < -0.3 is 10.2 Å². The molecule has 10 heteroatoms. The van der Waals surface area contributed by atoms with Crippen LogP contribution in [0.5, 0.6) is 0 Å². The lowest BCUT2D eigenvalue weighted by atomic mass is 9.92. The number of hydrogen-bond donors (Lipinski definition) is 2. The van der Waals surface area contributed by atoms with Gasteiger partial charge in [0.05, 0.1) is 11.1 Å². The van der Waals surface area contributed by atoms with Crippen LogP contribution in [0.4, 0.5) is 26.3 Å². The second-order valence-electron chi connectivity index (χ2n) is 3.88. The molecule has 0 saturated carbocycles. The average molecular weight is 316 g/mol. The molecule has 0 bridgehead atoms. The number of carboxylic acid groups (broad SMARTS) is 2. The Hall–Kier alpha value is -2.26. The van der Waals surface area contributed by atoms with Crippen molar-refractivity contribution in [1.82, 2.24) is 0 Å². The van der Waals surface area contributed by atoms with Crippen LogP contribution in [0, 0.1) is 0 Å². The Balaban J connectivity index is 3.61. The molecule has 1 unspecified atom stereocenters. The van der Waals surface area contributed by atoms with E-state index in [1.54, 1.807) is 0 Å². The summed E-state index contributed by atoms with van der Waals surface area (Å²) in [5, 5.41) is 17.3. The molecule has 0 saturated heterocycles. The molecule has 0 amide bonds. The van der Waals surface area contributed by atoms with Gasteiger partial charge in [0.1, 0.15) is 0 Å². The molecule has 0 heterocycles. The van der Waals surface area contributed by atoms with Gasteiger partial charge in [0.15, 0.2) is 0 Å². The van der Waals surface area contributed by atoms with Crippen molar-refractivity contribution in [2.45, 2.75) is 18.3 Å². The first-order valence-electron chi connectivity index (χ1n) is 5.07. The van der Waals surface area contributed by atoms with E-state index < -0.39 is 46.9 Å². The third-order valence-electron chi connectivity index (χ3n) is 2.61. The lowest BCUT2D eigenvalue weighted by Gasteiger charge is -2.27. The molecule has 116 valence electrons. The molecule has 0 aliphatic carbocycles. The van der Waals surface area contributed by atoms with Crippen molar-refractivity contribution in [3.63, 3.8) is 0 Å². The quantitative estimate of drug-likeness (QED) is 0.837. The van der Waals surface area contributed by atoms with Gasteiger partial charge in [0.25, 0.3) is 12.1 Å². The summed E-state index contributed by atoms with van der Waals surface area (Å²) in [7, 11) is 0. The number of halogens is 6. The summed E-state index contributed by atoms with van der Waals surface area (Å²) in [5.74, 6) is -3.81. The van der Waals surface area contributed by atoms with E-state index in [9.17, 15) is 35.9 Å². The van der Waals surface area contributed by atoms with Crippen LogP contribution in [0.3, 0.4) is 0 Å². The van der Waals surface area contributed by atoms with Crippen LogP contribution < -0.4 is 0 Å². The first-order chi connectivity index (χ1) is 9.42. The van der Waals surface area contributed by atoms with Crippen LogP contribution in [0.15, 0.2) is 18.2 Å². The van der Waals surface area contributed by atoms with Gasteiger partial charge in [-0.2, -0.15) is 13.2 Å². The molecule has 0 fully saturated rings. The largest absolute Gasteiger partial charge is 0.478 e. The van der Waals surface area contributed by atoms with Crippen LogP contribution in [0.2, 0.25) is 0 Å². The van der Waals surface area contributed by atoms with Crippen LogP contribution >= 0.6 is 0 Å². The van der Waals surface area contributed by atoms with E-state index in [2.05, 4.69) is 0 Å². The zero-order valence-electron chi connectivity index (χ0n) is 9.79. The molecule has 1 aromatic carbocycles. The molecular weight excluding hydrogens is 310 g/mol. The second kappa shape index (κ2) is 5.26. The van der Waals surface area contributed by atoms with Crippen molar-refractivity contribution < 1.29 is 46.1 Å². The fourth-order valence-corrected chi connectivity index (χ4v) is 1.55. The van der Waals surface area contributed by atoms with Crippen molar-refractivity contribution in [2.24, 2.45) is 0 Å². The Bertz CT molecular complexity index is 583. The Kier molecular flexibility index (Phi) is 4.21. The summed E-state index contributed by atoms with van der Waals surface area (Å²) in [4.78, 5) is 21.5. The monoisotopic (exact) mass is 316 g/mol. The summed E-state index contributed by atoms with van der Waals surface area (Å²) < 4.78 is 76.3. The van der Waals surface area contributed by atoms with Gasteiger partial charge in [-0.1, -0.05) is 6.07 Å². The van der Waals surface area contributed by atoms with E-state index in [1.807, 2.05) is 0 Å². The molecular formula is C11H6F6O4.